The number of ether oxygens (including phenoxy) is 3. The van der Waals surface area contributed by atoms with E-state index in [-0.39, 0.29) is 0 Å². The average molecular weight is 421 g/mol. The van der Waals surface area contributed by atoms with Crippen molar-refractivity contribution in [3.8, 4) is 17.2 Å². The fourth-order valence-corrected chi connectivity index (χ4v) is 3.28. The number of anilines is 1. The van der Waals surface area contributed by atoms with E-state index >= 15 is 0 Å². The van der Waals surface area contributed by atoms with Gasteiger partial charge in [0.2, 0.25) is 10.0 Å². The van der Waals surface area contributed by atoms with Gasteiger partial charge >= 0.3 is 0 Å². The van der Waals surface area contributed by atoms with Crippen molar-refractivity contribution < 1.29 is 27.4 Å². The number of hydrazone groups is 1. The Labute approximate surface area is 169 Å². The van der Waals surface area contributed by atoms with E-state index < -0.39 is 22.5 Å². The molecule has 1 amide bonds. The van der Waals surface area contributed by atoms with Gasteiger partial charge in [0.05, 0.1) is 39.5 Å². The van der Waals surface area contributed by atoms with Crippen LogP contribution in [0.4, 0.5) is 5.69 Å². The number of benzene rings is 2. The molecule has 0 aliphatic carbocycles. The fourth-order valence-electron chi connectivity index (χ4n) is 2.43. The van der Waals surface area contributed by atoms with E-state index in [4.69, 9.17) is 14.2 Å². The monoisotopic (exact) mass is 421 g/mol. The van der Waals surface area contributed by atoms with E-state index in [2.05, 4.69) is 10.5 Å². The van der Waals surface area contributed by atoms with Crippen LogP contribution < -0.4 is 23.9 Å². The van der Waals surface area contributed by atoms with Gasteiger partial charge in [-0.25, -0.2) is 13.8 Å². The van der Waals surface area contributed by atoms with Crippen LogP contribution in [-0.4, -0.2) is 54.7 Å². The highest BCUT2D eigenvalue weighted by atomic mass is 32.2. The van der Waals surface area contributed by atoms with Crippen molar-refractivity contribution in [1.29, 1.82) is 0 Å². The van der Waals surface area contributed by atoms with Gasteiger partial charge in [-0.15, -0.1) is 0 Å². The Morgan fingerprint density at radius 2 is 1.69 bits per heavy atom. The molecule has 0 heterocycles. The highest BCUT2D eigenvalue weighted by Gasteiger charge is 2.20. The average Bonchev–Trinajstić information content (AvgIpc) is 2.71. The minimum Gasteiger partial charge on any atom is -0.497 e. The second-order valence-corrected chi connectivity index (χ2v) is 7.78. The Morgan fingerprint density at radius 3 is 2.24 bits per heavy atom. The number of nitrogens with one attached hydrogen (secondary N) is 1. The smallest absolute Gasteiger partial charge is 0.260 e. The molecule has 0 saturated carbocycles. The van der Waals surface area contributed by atoms with Crippen LogP contribution in [-0.2, 0) is 14.8 Å². The van der Waals surface area contributed by atoms with Crippen molar-refractivity contribution in [1.82, 2.24) is 5.43 Å². The van der Waals surface area contributed by atoms with Crippen LogP contribution in [0.3, 0.4) is 0 Å². The molecule has 156 valence electrons. The van der Waals surface area contributed by atoms with Crippen molar-refractivity contribution in [2.45, 2.75) is 0 Å². The van der Waals surface area contributed by atoms with Crippen LogP contribution >= 0.6 is 0 Å². The first-order chi connectivity index (χ1) is 13.8. The minimum absolute atomic E-state index is 0.340. The van der Waals surface area contributed by atoms with Gasteiger partial charge in [-0.2, -0.15) is 5.10 Å². The second kappa shape index (κ2) is 9.78. The Balaban J connectivity index is 2.07. The zero-order valence-corrected chi connectivity index (χ0v) is 17.4. The standard InChI is InChI=1S/C19H23N3O6S/c1-26-16-8-6-15(7-9-16)22(29(4,24)25)13-19(23)21-20-12-14-5-10-17(27-2)18(11-14)28-3/h5-12H,13H2,1-4H3,(H,21,23)/b20-12-. The van der Waals surface area contributed by atoms with Crippen LogP contribution in [0.1, 0.15) is 5.56 Å². The van der Waals surface area contributed by atoms with E-state index in [1.165, 1.54) is 27.5 Å². The summed E-state index contributed by atoms with van der Waals surface area (Å²) in [6.07, 6.45) is 2.44. The molecule has 0 radical (unpaired) electrons. The Bertz CT molecular complexity index is 974. The first-order valence-corrected chi connectivity index (χ1v) is 10.3. The molecule has 0 unspecified atom stereocenters. The first-order valence-electron chi connectivity index (χ1n) is 8.44. The number of hydrogen-bond donors (Lipinski definition) is 1. The predicted molar refractivity (Wildman–Crippen MR) is 110 cm³/mol. The van der Waals surface area contributed by atoms with E-state index in [0.717, 1.165) is 10.6 Å². The molecule has 0 aliphatic heterocycles. The van der Waals surface area contributed by atoms with Gasteiger partial charge in [0.25, 0.3) is 5.91 Å². The molecule has 29 heavy (non-hydrogen) atoms. The van der Waals surface area contributed by atoms with Gasteiger partial charge in [0.1, 0.15) is 12.3 Å². The lowest BCUT2D eigenvalue weighted by Crippen LogP contribution is -2.39. The molecule has 0 atom stereocenters. The SMILES string of the molecule is COc1ccc(N(CC(=O)N/N=C\c2ccc(OC)c(OC)c2)S(C)(=O)=O)cc1. The maximum atomic E-state index is 12.2. The number of rotatable bonds is 9. The van der Waals surface area contributed by atoms with Gasteiger partial charge in [-0.05, 0) is 48.0 Å². The molecular formula is C19H23N3O6S. The van der Waals surface area contributed by atoms with Crippen LogP contribution in [0.15, 0.2) is 47.6 Å². The fraction of sp³-hybridized carbons (Fsp3) is 0.263. The molecule has 0 spiro atoms. The largest absolute Gasteiger partial charge is 0.497 e. The summed E-state index contributed by atoms with van der Waals surface area (Å²) in [6.45, 7) is -0.422. The van der Waals surface area contributed by atoms with E-state index in [1.54, 1.807) is 42.5 Å². The van der Waals surface area contributed by atoms with Crippen molar-refractivity contribution >= 4 is 27.8 Å². The maximum absolute atomic E-state index is 12.2. The topological polar surface area (TPSA) is 107 Å². The summed E-state index contributed by atoms with van der Waals surface area (Å²) >= 11 is 0. The number of methoxy groups -OCH3 is 3. The second-order valence-electron chi connectivity index (χ2n) is 5.88. The Hall–Kier alpha value is -3.27. The number of carbonyl (C=O) groups is 1. The molecule has 10 heteroatoms. The molecule has 1 N–H and O–H groups in total. The maximum Gasteiger partial charge on any atom is 0.260 e. The minimum atomic E-state index is -3.68. The Morgan fingerprint density at radius 1 is 1.03 bits per heavy atom. The van der Waals surface area contributed by atoms with Crippen LogP contribution in [0.25, 0.3) is 0 Å². The lowest BCUT2D eigenvalue weighted by molar-refractivity contribution is -0.119. The normalized spacial score (nSPS) is 11.2. The van der Waals surface area contributed by atoms with Gasteiger partial charge in [-0.1, -0.05) is 0 Å². The molecular weight excluding hydrogens is 398 g/mol. The molecule has 0 fully saturated rings. The molecule has 0 aromatic heterocycles. The molecule has 0 aliphatic rings. The third-order valence-electron chi connectivity index (χ3n) is 3.86. The molecule has 2 aromatic rings. The van der Waals surface area contributed by atoms with Gasteiger partial charge in [0, 0.05) is 0 Å². The molecule has 0 saturated heterocycles. The third kappa shape index (κ3) is 6.11. The Kier molecular flexibility index (Phi) is 7.43. The van der Waals surface area contributed by atoms with Gasteiger partial charge in [0.15, 0.2) is 11.5 Å². The predicted octanol–water partition coefficient (Wildman–Crippen LogP) is 1.63. The number of sulfonamides is 1. The highest BCUT2D eigenvalue weighted by Crippen LogP contribution is 2.26. The summed E-state index contributed by atoms with van der Waals surface area (Å²) in [7, 11) is 0.873. The van der Waals surface area contributed by atoms with Crippen molar-refractivity contribution in [3.63, 3.8) is 0 Å². The molecule has 2 rings (SSSR count). The molecule has 9 nitrogen and oxygen atoms in total. The number of amides is 1. The lowest BCUT2D eigenvalue weighted by atomic mass is 10.2. The summed E-state index contributed by atoms with van der Waals surface area (Å²) in [5.74, 6) is 1.07. The summed E-state index contributed by atoms with van der Waals surface area (Å²) in [6, 6.07) is 11.5. The zero-order valence-electron chi connectivity index (χ0n) is 16.6. The molecule has 0 bridgehead atoms. The van der Waals surface area contributed by atoms with E-state index in [1.807, 2.05) is 0 Å². The number of hydrogen-bond acceptors (Lipinski definition) is 7. The summed E-state index contributed by atoms with van der Waals surface area (Å²) in [5, 5.41) is 3.87. The molecule has 2 aromatic carbocycles. The highest BCUT2D eigenvalue weighted by molar-refractivity contribution is 7.92. The summed E-state index contributed by atoms with van der Waals surface area (Å²) in [5.41, 5.74) is 3.32. The lowest BCUT2D eigenvalue weighted by Gasteiger charge is -2.21. The van der Waals surface area contributed by atoms with Crippen LogP contribution in [0.5, 0.6) is 17.2 Å². The zero-order chi connectivity index (χ0) is 21.4. The van der Waals surface area contributed by atoms with Crippen LogP contribution in [0.2, 0.25) is 0 Å². The third-order valence-corrected chi connectivity index (χ3v) is 5.00. The summed E-state index contributed by atoms with van der Waals surface area (Å²) < 4.78 is 40.6. The van der Waals surface area contributed by atoms with Crippen molar-refractivity contribution in [2.24, 2.45) is 5.10 Å². The number of carbonyl (C=O) groups excluding carboxylic acids is 1. The van der Waals surface area contributed by atoms with E-state index in [9.17, 15) is 13.2 Å². The van der Waals surface area contributed by atoms with E-state index in [0.29, 0.717) is 28.5 Å². The van der Waals surface area contributed by atoms with Gasteiger partial charge < -0.3 is 14.2 Å². The van der Waals surface area contributed by atoms with Crippen molar-refractivity contribution in [3.05, 3.63) is 48.0 Å². The van der Waals surface area contributed by atoms with Crippen LogP contribution in [0, 0.1) is 0 Å². The summed E-state index contributed by atoms with van der Waals surface area (Å²) in [4.78, 5) is 12.2. The quantitative estimate of drug-likeness (QED) is 0.487. The van der Waals surface area contributed by atoms with Gasteiger partial charge in [-0.3, -0.25) is 9.10 Å². The number of nitrogens with zero attached hydrogens (tertiary/aromatic N) is 2. The van der Waals surface area contributed by atoms with Crippen molar-refractivity contribution in [2.75, 3.05) is 38.4 Å². The first kappa shape index (κ1) is 22.0.